The van der Waals surface area contributed by atoms with Crippen molar-refractivity contribution < 1.29 is 9.47 Å². The molecule has 2 N–H and O–H groups in total. The lowest BCUT2D eigenvalue weighted by molar-refractivity contribution is 0.200. The van der Waals surface area contributed by atoms with Gasteiger partial charge >= 0.3 is 12.0 Å². The molecular formula is C14H18N4O2. The summed E-state index contributed by atoms with van der Waals surface area (Å²) in [5.74, 6) is 0.0846. The molecule has 0 amide bonds. The van der Waals surface area contributed by atoms with Crippen molar-refractivity contribution in [3.05, 3.63) is 35.9 Å². The Kier molecular flexibility index (Phi) is 4.70. The molecule has 1 aromatic carbocycles. The van der Waals surface area contributed by atoms with Crippen LogP contribution in [0.4, 0.5) is 5.95 Å². The molecule has 0 aliphatic rings. The Morgan fingerprint density at radius 2 is 1.80 bits per heavy atom. The number of rotatable bonds is 6. The van der Waals surface area contributed by atoms with Crippen molar-refractivity contribution in [2.45, 2.75) is 26.4 Å². The maximum atomic E-state index is 5.68. The predicted molar refractivity (Wildman–Crippen MR) is 75.5 cm³/mol. The van der Waals surface area contributed by atoms with Crippen LogP contribution in [-0.2, 0) is 0 Å². The van der Waals surface area contributed by atoms with Gasteiger partial charge in [-0.3, -0.25) is 0 Å². The van der Waals surface area contributed by atoms with Crippen molar-refractivity contribution in [1.82, 2.24) is 15.0 Å². The Bertz CT molecular complexity index is 548. The largest absolute Gasteiger partial charge is 0.463 e. The molecule has 6 nitrogen and oxygen atoms in total. The van der Waals surface area contributed by atoms with Crippen molar-refractivity contribution >= 4 is 5.95 Å². The lowest BCUT2D eigenvalue weighted by Gasteiger charge is -2.13. The molecule has 1 atom stereocenters. The molecule has 0 saturated heterocycles. The van der Waals surface area contributed by atoms with Crippen LogP contribution in [0.3, 0.4) is 0 Å². The highest BCUT2D eigenvalue weighted by molar-refractivity contribution is 5.22. The Balaban J connectivity index is 2.10. The summed E-state index contributed by atoms with van der Waals surface area (Å²) in [6.45, 7) is 4.44. The molecule has 0 fully saturated rings. The Labute approximate surface area is 118 Å². The van der Waals surface area contributed by atoms with Gasteiger partial charge in [0, 0.05) is 0 Å². The van der Waals surface area contributed by atoms with Gasteiger partial charge in [0.25, 0.3) is 0 Å². The van der Waals surface area contributed by atoms with Gasteiger partial charge < -0.3 is 15.2 Å². The second kappa shape index (κ2) is 6.70. The number of benzene rings is 1. The van der Waals surface area contributed by atoms with Gasteiger partial charge in [0.15, 0.2) is 0 Å². The van der Waals surface area contributed by atoms with Crippen molar-refractivity contribution in [1.29, 1.82) is 0 Å². The Morgan fingerprint density at radius 3 is 2.50 bits per heavy atom. The van der Waals surface area contributed by atoms with E-state index >= 15 is 0 Å². The lowest BCUT2D eigenvalue weighted by atomic mass is 10.1. The van der Waals surface area contributed by atoms with E-state index in [0.29, 0.717) is 6.61 Å². The first-order valence-corrected chi connectivity index (χ1v) is 6.55. The minimum absolute atomic E-state index is 0.0846. The number of hydrogen-bond acceptors (Lipinski definition) is 6. The third-order valence-corrected chi connectivity index (χ3v) is 2.60. The van der Waals surface area contributed by atoms with Crippen molar-refractivity contribution in [2.24, 2.45) is 0 Å². The zero-order chi connectivity index (χ0) is 14.4. The number of anilines is 1. The van der Waals surface area contributed by atoms with Crippen molar-refractivity contribution in [3.63, 3.8) is 0 Å². The van der Waals surface area contributed by atoms with Gasteiger partial charge in [-0.1, -0.05) is 37.3 Å². The van der Waals surface area contributed by atoms with Gasteiger partial charge in [0.2, 0.25) is 5.95 Å². The first kappa shape index (κ1) is 14.0. The first-order valence-electron chi connectivity index (χ1n) is 6.55. The van der Waals surface area contributed by atoms with Gasteiger partial charge in [-0.15, -0.1) is 4.98 Å². The summed E-state index contributed by atoms with van der Waals surface area (Å²) in [5, 5.41) is 0. The monoisotopic (exact) mass is 274 g/mol. The second-order valence-corrected chi connectivity index (χ2v) is 4.28. The van der Waals surface area contributed by atoms with Crippen LogP contribution in [0.2, 0.25) is 0 Å². The summed E-state index contributed by atoms with van der Waals surface area (Å²) in [7, 11) is 0. The Hall–Kier alpha value is -2.37. The molecule has 2 rings (SSSR count). The summed E-state index contributed by atoms with van der Waals surface area (Å²) in [4.78, 5) is 12.0. The summed E-state index contributed by atoms with van der Waals surface area (Å²) in [6, 6.07) is 10.2. The number of nitrogens with two attached hydrogens (primary N) is 1. The number of nitrogens with zero attached hydrogens (tertiary/aromatic N) is 3. The molecule has 2 aromatic rings. The Morgan fingerprint density at radius 1 is 1.10 bits per heavy atom. The summed E-state index contributed by atoms with van der Waals surface area (Å²) in [5.41, 5.74) is 6.65. The lowest BCUT2D eigenvalue weighted by Crippen LogP contribution is -2.10. The van der Waals surface area contributed by atoms with E-state index < -0.39 is 0 Å². The van der Waals surface area contributed by atoms with E-state index in [9.17, 15) is 0 Å². The summed E-state index contributed by atoms with van der Waals surface area (Å²) in [6.07, 6.45) is 0.680. The molecule has 0 bridgehead atoms. The zero-order valence-electron chi connectivity index (χ0n) is 11.6. The van der Waals surface area contributed by atoms with Crippen LogP contribution in [-0.4, -0.2) is 21.6 Å². The third-order valence-electron chi connectivity index (χ3n) is 2.60. The molecule has 106 valence electrons. The van der Waals surface area contributed by atoms with E-state index in [1.165, 1.54) is 0 Å². The molecule has 1 aromatic heterocycles. The maximum absolute atomic E-state index is 5.68. The minimum Gasteiger partial charge on any atom is -0.463 e. The summed E-state index contributed by atoms with van der Waals surface area (Å²) >= 11 is 0. The van der Waals surface area contributed by atoms with Gasteiger partial charge in [-0.2, -0.15) is 9.97 Å². The normalized spacial score (nSPS) is 11.9. The van der Waals surface area contributed by atoms with E-state index in [1.807, 2.05) is 44.2 Å². The highest BCUT2D eigenvalue weighted by Gasteiger charge is 2.11. The highest BCUT2D eigenvalue weighted by Crippen LogP contribution is 2.20. The van der Waals surface area contributed by atoms with Crippen LogP contribution in [0.5, 0.6) is 12.0 Å². The average Bonchev–Trinajstić information content (AvgIpc) is 2.45. The van der Waals surface area contributed by atoms with Gasteiger partial charge in [0.05, 0.1) is 6.61 Å². The minimum atomic E-state index is -0.183. The number of hydrogen-bond donors (Lipinski definition) is 1. The van der Waals surface area contributed by atoms with E-state index in [-0.39, 0.29) is 24.1 Å². The van der Waals surface area contributed by atoms with Crippen molar-refractivity contribution in [3.8, 4) is 12.0 Å². The number of aromatic nitrogens is 3. The smallest absolute Gasteiger partial charge is 0.325 e. The standard InChI is InChI=1S/C14H18N4O2/c1-3-9-19-13-16-12(15)17-14(18-13)20-10(2)11-7-5-4-6-8-11/h4-8,10H,3,9H2,1-2H3,(H2,15,16,17,18). The highest BCUT2D eigenvalue weighted by atomic mass is 16.5. The maximum Gasteiger partial charge on any atom is 0.325 e. The van der Waals surface area contributed by atoms with Crippen LogP contribution in [0, 0.1) is 0 Å². The van der Waals surface area contributed by atoms with Crippen LogP contribution < -0.4 is 15.2 Å². The SMILES string of the molecule is CCCOc1nc(N)nc(OC(C)c2ccccc2)n1. The van der Waals surface area contributed by atoms with E-state index in [1.54, 1.807) is 0 Å². The molecule has 0 saturated carbocycles. The molecule has 0 aliphatic heterocycles. The first-order chi connectivity index (χ1) is 9.69. The fourth-order valence-electron chi connectivity index (χ4n) is 1.61. The quantitative estimate of drug-likeness (QED) is 0.870. The van der Waals surface area contributed by atoms with Crippen LogP contribution in [0.15, 0.2) is 30.3 Å². The van der Waals surface area contributed by atoms with Crippen LogP contribution >= 0.6 is 0 Å². The van der Waals surface area contributed by atoms with Gasteiger partial charge in [-0.05, 0) is 18.9 Å². The van der Waals surface area contributed by atoms with E-state index in [2.05, 4.69) is 15.0 Å². The fraction of sp³-hybridized carbons (Fsp3) is 0.357. The second-order valence-electron chi connectivity index (χ2n) is 4.28. The molecule has 1 unspecified atom stereocenters. The molecule has 1 heterocycles. The topological polar surface area (TPSA) is 83.2 Å². The van der Waals surface area contributed by atoms with Crippen molar-refractivity contribution in [2.75, 3.05) is 12.3 Å². The van der Waals surface area contributed by atoms with E-state index in [4.69, 9.17) is 15.2 Å². The predicted octanol–water partition coefficient (Wildman–Crippen LogP) is 2.38. The third kappa shape index (κ3) is 3.81. The average molecular weight is 274 g/mol. The molecular weight excluding hydrogens is 256 g/mol. The van der Waals surface area contributed by atoms with Crippen LogP contribution in [0.25, 0.3) is 0 Å². The molecule has 0 radical (unpaired) electrons. The number of ether oxygens (including phenoxy) is 2. The molecule has 0 spiro atoms. The zero-order valence-corrected chi connectivity index (χ0v) is 11.6. The molecule has 20 heavy (non-hydrogen) atoms. The molecule has 6 heteroatoms. The number of nitrogen functional groups attached to an aromatic ring is 1. The van der Waals surface area contributed by atoms with Gasteiger partial charge in [0.1, 0.15) is 6.10 Å². The summed E-state index contributed by atoms with van der Waals surface area (Å²) < 4.78 is 11.0. The molecule has 0 aliphatic carbocycles. The fourth-order valence-corrected chi connectivity index (χ4v) is 1.61. The van der Waals surface area contributed by atoms with Gasteiger partial charge in [-0.25, -0.2) is 0 Å². The van der Waals surface area contributed by atoms with Crippen LogP contribution in [0.1, 0.15) is 31.9 Å². The van der Waals surface area contributed by atoms with E-state index in [0.717, 1.165) is 12.0 Å².